The molecule has 1 aliphatic carbocycles. The van der Waals surface area contributed by atoms with E-state index in [2.05, 4.69) is 10.3 Å². The largest absolute Gasteiger partial charge is 0.348 e. The van der Waals surface area contributed by atoms with Gasteiger partial charge in [-0.05, 0) is 31.4 Å². The molecule has 0 aliphatic heterocycles. The first-order valence-electron chi connectivity index (χ1n) is 8.06. The van der Waals surface area contributed by atoms with E-state index in [1.807, 2.05) is 49.6 Å². The van der Waals surface area contributed by atoms with Crippen LogP contribution in [0.5, 0.6) is 0 Å². The second-order valence-electron chi connectivity index (χ2n) is 6.00. The summed E-state index contributed by atoms with van der Waals surface area (Å²) in [6.07, 6.45) is 1.34. The van der Waals surface area contributed by atoms with Gasteiger partial charge in [-0.2, -0.15) is 0 Å². The van der Waals surface area contributed by atoms with Crippen molar-refractivity contribution < 1.29 is 9.59 Å². The molecule has 3 rings (SSSR count). The number of allylic oxidation sites excluding steroid dienone is 1. The van der Waals surface area contributed by atoms with E-state index in [4.69, 9.17) is 0 Å². The molecule has 4 nitrogen and oxygen atoms in total. The van der Waals surface area contributed by atoms with Crippen LogP contribution in [-0.4, -0.2) is 16.7 Å². The van der Waals surface area contributed by atoms with Crippen LogP contribution in [0.4, 0.5) is 0 Å². The average Bonchev–Trinajstić information content (AvgIpc) is 3.15. The molecule has 0 fully saturated rings. The van der Waals surface area contributed by atoms with Gasteiger partial charge in [-0.1, -0.05) is 30.3 Å². The van der Waals surface area contributed by atoms with Crippen LogP contribution < -0.4 is 5.32 Å². The fourth-order valence-electron chi connectivity index (χ4n) is 2.98. The van der Waals surface area contributed by atoms with Gasteiger partial charge in [0.25, 0.3) is 0 Å². The normalized spacial score (nSPS) is 15.7. The van der Waals surface area contributed by atoms with E-state index >= 15 is 0 Å². The number of amides is 1. The second-order valence-corrected chi connectivity index (χ2v) is 7.07. The lowest BCUT2D eigenvalue weighted by Crippen LogP contribution is -2.27. The first-order chi connectivity index (χ1) is 11.5. The van der Waals surface area contributed by atoms with Gasteiger partial charge in [0.05, 0.1) is 23.2 Å². The lowest BCUT2D eigenvalue weighted by atomic mass is 10.00. The van der Waals surface area contributed by atoms with Crippen LogP contribution in [0.3, 0.4) is 0 Å². The van der Waals surface area contributed by atoms with Crippen LogP contribution in [0.25, 0.3) is 5.57 Å². The maximum Gasteiger partial charge on any atom is 0.225 e. The van der Waals surface area contributed by atoms with Gasteiger partial charge in [0.1, 0.15) is 0 Å². The summed E-state index contributed by atoms with van der Waals surface area (Å²) in [6, 6.07) is 9.69. The number of thiazole rings is 1. The van der Waals surface area contributed by atoms with E-state index < -0.39 is 0 Å². The van der Waals surface area contributed by atoms with Crippen molar-refractivity contribution in [2.45, 2.75) is 39.2 Å². The van der Waals surface area contributed by atoms with E-state index in [0.29, 0.717) is 18.4 Å². The number of ketones is 1. The molecule has 1 aliphatic rings. The summed E-state index contributed by atoms with van der Waals surface area (Å²) in [5, 5.41) is 5.88. The van der Waals surface area contributed by atoms with Crippen molar-refractivity contribution in [1.29, 1.82) is 0 Å². The summed E-state index contributed by atoms with van der Waals surface area (Å²) in [7, 11) is 0. The molecule has 0 unspecified atom stereocenters. The SMILES string of the molecule is Cc1nc([C@H](C)NC(=O)CC2=C(c3ccccc3)CCC2=O)cs1. The van der Waals surface area contributed by atoms with E-state index in [9.17, 15) is 9.59 Å². The fraction of sp³-hybridized carbons (Fsp3) is 0.316. The lowest BCUT2D eigenvalue weighted by Gasteiger charge is -2.13. The maximum atomic E-state index is 12.4. The predicted octanol–water partition coefficient (Wildman–Crippen LogP) is 3.84. The van der Waals surface area contributed by atoms with Crippen LogP contribution in [0, 0.1) is 6.92 Å². The molecule has 124 valence electrons. The highest BCUT2D eigenvalue weighted by Crippen LogP contribution is 2.33. The molecule has 0 bridgehead atoms. The molecule has 2 aromatic rings. The van der Waals surface area contributed by atoms with Gasteiger partial charge in [-0.15, -0.1) is 11.3 Å². The van der Waals surface area contributed by atoms with Gasteiger partial charge in [-0.3, -0.25) is 9.59 Å². The van der Waals surface area contributed by atoms with Gasteiger partial charge in [0.15, 0.2) is 5.78 Å². The highest BCUT2D eigenvalue weighted by molar-refractivity contribution is 7.09. The third kappa shape index (κ3) is 3.62. The predicted molar refractivity (Wildman–Crippen MR) is 95.6 cm³/mol. The quantitative estimate of drug-likeness (QED) is 0.900. The number of nitrogens with zero attached hydrogens (tertiary/aromatic N) is 1. The topological polar surface area (TPSA) is 59.1 Å². The zero-order valence-electron chi connectivity index (χ0n) is 13.8. The van der Waals surface area contributed by atoms with E-state index in [1.54, 1.807) is 11.3 Å². The average molecular weight is 340 g/mol. The van der Waals surface area contributed by atoms with E-state index in [1.165, 1.54) is 0 Å². The maximum absolute atomic E-state index is 12.4. The first kappa shape index (κ1) is 16.6. The minimum atomic E-state index is -0.153. The Labute approximate surface area is 145 Å². The molecule has 0 radical (unpaired) electrons. The van der Waals surface area contributed by atoms with Crippen molar-refractivity contribution in [3.63, 3.8) is 0 Å². The van der Waals surface area contributed by atoms with Crippen molar-refractivity contribution in [2.75, 3.05) is 0 Å². The molecule has 1 aromatic heterocycles. The molecule has 1 heterocycles. The van der Waals surface area contributed by atoms with E-state index in [-0.39, 0.29) is 24.2 Å². The van der Waals surface area contributed by atoms with Crippen LogP contribution >= 0.6 is 11.3 Å². The Kier molecular flexibility index (Phi) is 4.90. The molecular formula is C19H20N2O2S. The van der Waals surface area contributed by atoms with Crippen molar-refractivity contribution in [3.8, 4) is 0 Å². The van der Waals surface area contributed by atoms with E-state index in [0.717, 1.165) is 21.8 Å². The summed E-state index contributed by atoms with van der Waals surface area (Å²) in [5.41, 5.74) is 3.56. The van der Waals surface area contributed by atoms with Crippen LogP contribution in [-0.2, 0) is 9.59 Å². The smallest absolute Gasteiger partial charge is 0.225 e. The summed E-state index contributed by atoms with van der Waals surface area (Å²) in [4.78, 5) is 29.0. The third-order valence-corrected chi connectivity index (χ3v) is 5.01. The first-order valence-corrected chi connectivity index (χ1v) is 8.94. The van der Waals surface area contributed by atoms with Crippen LogP contribution in [0.15, 0.2) is 41.3 Å². The summed E-state index contributed by atoms with van der Waals surface area (Å²) >= 11 is 1.56. The van der Waals surface area contributed by atoms with Crippen molar-refractivity contribution in [2.24, 2.45) is 0 Å². The Balaban J connectivity index is 1.73. The Morgan fingerprint density at radius 1 is 1.29 bits per heavy atom. The summed E-state index contributed by atoms with van der Waals surface area (Å²) in [6.45, 7) is 3.85. The van der Waals surface area contributed by atoms with Crippen LogP contribution in [0.1, 0.15) is 48.5 Å². The molecule has 1 aromatic carbocycles. The van der Waals surface area contributed by atoms with Crippen molar-refractivity contribution >= 4 is 28.6 Å². The van der Waals surface area contributed by atoms with Gasteiger partial charge in [0, 0.05) is 17.4 Å². The molecular weight excluding hydrogens is 320 g/mol. The molecule has 0 spiro atoms. The fourth-order valence-corrected chi connectivity index (χ4v) is 3.68. The number of carbonyl (C=O) groups is 2. The zero-order valence-corrected chi connectivity index (χ0v) is 14.7. The van der Waals surface area contributed by atoms with Gasteiger partial charge in [0.2, 0.25) is 5.91 Å². The summed E-state index contributed by atoms with van der Waals surface area (Å²) in [5.74, 6) is -0.0482. The van der Waals surface area contributed by atoms with Gasteiger partial charge >= 0.3 is 0 Å². The Hall–Kier alpha value is -2.27. The molecule has 24 heavy (non-hydrogen) atoms. The lowest BCUT2D eigenvalue weighted by molar-refractivity contribution is -0.122. The number of benzene rings is 1. The molecule has 1 amide bonds. The highest BCUT2D eigenvalue weighted by Gasteiger charge is 2.26. The molecule has 5 heteroatoms. The highest BCUT2D eigenvalue weighted by atomic mass is 32.1. The van der Waals surface area contributed by atoms with Crippen molar-refractivity contribution in [3.05, 3.63) is 57.6 Å². The molecule has 0 saturated heterocycles. The molecule has 1 atom stereocenters. The minimum Gasteiger partial charge on any atom is -0.348 e. The number of Topliss-reactive ketones (excluding diaryl/α,β-unsaturated/α-hetero) is 1. The number of hydrogen-bond donors (Lipinski definition) is 1. The minimum absolute atomic E-state index is 0.0844. The van der Waals surface area contributed by atoms with Crippen LogP contribution in [0.2, 0.25) is 0 Å². The number of carbonyl (C=O) groups excluding carboxylic acids is 2. The Bertz CT molecular complexity index is 793. The van der Waals surface area contributed by atoms with Gasteiger partial charge in [-0.25, -0.2) is 4.98 Å². The summed E-state index contributed by atoms with van der Waals surface area (Å²) < 4.78 is 0. The number of hydrogen-bond acceptors (Lipinski definition) is 4. The number of rotatable bonds is 5. The van der Waals surface area contributed by atoms with Gasteiger partial charge < -0.3 is 5.32 Å². The zero-order chi connectivity index (χ0) is 17.1. The number of aromatic nitrogens is 1. The third-order valence-electron chi connectivity index (χ3n) is 4.22. The Morgan fingerprint density at radius 3 is 2.71 bits per heavy atom. The number of aryl methyl sites for hydroxylation is 1. The molecule has 0 saturated carbocycles. The number of nitrogens with one attached hydrogen (secondary N) is 1. The molecule has 1 N–H and O–H groups in total. The standard InChI is InChI=1S/C19H20N2O2S/c1-12(17-11-24-13(2)21-17)20-19(23)10-16-15(8-9-18(16)22)14-6-4-3-5-7-14/h3-7,11-12H,8-10H2,1-2H3,(H,20,23)/t12-/m0/s1. The second kappa shape index (κ2) is 7.09. The van der Waals surface area contributed by atoms with Crippen molar-refractivity contribution in [1.82, 2.24) is 10.3 Å². The Morgan fingerprint density at radius 2 is 2.04 bits per heavy atom. The monoisotopic (exact) mass is 340 g/mol.